The molecule has 6 heteroatoms. The SMILES string of the molecule is O=C(O)C1CC(C(=O)O)N(C(=O)C2CCCCC2)C1. The van der Waals surface area contributed by atoms with Crippen molar-refractivity contribution in [2.75, 3.05) is 6.54 Å². The summed E-state index contributed by atoms with van der Waals surface area (Å²) in [6.45, 7) is 0.0294. The first-order valence-corrected chi connectivity index (χ1v) is 6.76. The van der Waals surface area contributed by atoms with Crippen LogP contribution in [0.3, 0.4) is 0 Å². The summed E-state index contributed by atoms with van der Waals surface area (Å²) in [7, 11) is 0. The van der Waals surface area contributed by atoms with Crippen LogP contribution in [0, 0.1) is 11.8 Å². The number of carboxylic acid groups (broad SMARTS) is 2. The highest BCUT2D eigenvalue weighted by Gasteiger charge is 2.44. The van der Waals surface area contributed by atoms with Crippen LogP contribution in [-0.4, -0.2) is 45.5 Å². The number of aliphatic carboxylic acids is 2. The highest BCUT2D eigenvalue weighted by molar-refractivity contribution is 5.87. The maximum atomic E-state index is 12.4. The van der Waals surface area contributed by atoms with E-state index in [4.69, 9.17) is 10.2 Å². The molecule has 1 heterocycles. The van der Waals surface area contributed by atoms with Crippen LogP contribution in [0.15, 0.2) is 0 Å². The average molecular weight is 269 g/mol. The van der Waals surface area contributed by atoms with Gasteiger partial charge in [-0.3, -0.25) is 9.59 Å². The van der Waals surface area contributed by atoms with E-state index in [1.807, 2.05) is 0 Å². The zero-order chi connectivity index (χ0) is 14.0. The number of rotatable bonds is 3. The third kappa shape index (κ3) is 2.88. The first-order valence-electron chi connectivity index (χ1n) is 6.76. The maximum Gasteiger partial charge on any atom is 0.326 e. The predicted molar refractivity (Wildman–Crippen MR) is 65.5 cm³/mol. The van der Waals surface area contributed by atoms with Crippen molar-refractivity contribution in [1.82, 2.24) is 4.90 Å². The summed E-state index contributed by atoms with van der Waals surface area (Å²) in [5.74, 6) is -3.18. The molecule has 0 bridgehead atoms. The van der Waals surface area contributed by atoms with Gasteiger partial charge in [-0.15, -0.1) is 0 Å². The molecule has 0 aromatic heterocycles. The Labute approximate surface area is 111 Å². The molecule has 0 spiro atoms. The monoisotopic (exact) mass is 269 g/mol. The highest BCUT2D eigenvalue weighted by atomic mass is 16.4. The van der Waals surface area contributed by atoms with Gasteiger partial charge in [-0.05, 0) is 19.3 Å². The maximum absolute atomic E-state index is 12.4. The molecule has 0 radical (unpaired) electrons. The molecule has 2 aliphatic rings. The van der Waals surface area contributed by atoms with Crippen molar-refractivity contribution in [1.29, 1.82) is 0 Å². The minimum atomic E-state index is -1.10. The molecule has 2 fully saturated rings. The van der Waals surface area contributed by atoms with Crippen LogP contribution in [-0.2, 0) is 14.4 Å². The van der Waals surface area contributed by atoms with E-state index in [-0.39, 0.29) is 24.8 Å². The Morgan fingerprint density at radius 2 is 1.53 bits per heavy atom. The van der Waals surface area contributed by atoms with Gasteiger partial charge in [0.15, 0.2) is 0 Å². The van der Waals surface area contributed by atoms with Gasteiger partial charge in [0.05, 0.1) is 5.92 Å². The topological polar surface area (TPSA) is 94.9 Å². The van der Waals surface area contributed by atoms with Crippen molar-refractivity contribution in [3.8, 4) is 0 Å². The van der Waals surface area contributed by atoms with E-state index >= 15 is 0 Å². The van der Waals surface area contributed by atoms with Gasteiger partial charge in [0.25, 0.3) is 0 Å². The first kappa shape index (κ1) is 13.8. The summed E-state index contributed by atoms with van der Waals surface area (Å²) in [6, 6.07) is -0.976. The summed E-state index contributed by atoms with van der Waals surface area (Å²) in [6.07, 6.45) is 4.69. The second-order valence-corrected chi connectivity index (χ2v) is 5.45. The third-order valence-corrected chi connectivity index (χ3v) is 4.17. The van der Waals surface area contributed by atoms with E-state index in [0.29, 0.717) is 0 Å². The van der Waals surface area contributed by atoms with E-state index in [9.17, 15) is 14.4 Å². The number of carbonyl (C=O) groups is 3. The number of carboxylic acids is 2. The standard InChI is InChI=1S/C13H19NO5/c15-11(8-4-2-1-3-5-8)14-7-9(12(16)17)6-10(14)13(18)19/h8-10H,1-7H2,(H,16,17)(H,18,19). The predicted octanol–water partition coefficient (Wildman–Crippen LogP) is 0.953. The van der Waals surface area contributed by atoms with Gasteiger partial charge in [0.2, 0.25) is 5.91 Å². The van der Waals surface area contributed by atoms with Gasteiger partial charge in [-0.1, -0.05) is 19.3 Å². The fourth-order valence-electron chi connectivity index (χ4n) is 3.08. The lowest BCUT2D eigenvalue weighted by Crippen LogP contribution is -2.44. The minimum Gasteiger partial charge on any atom is -0.481 e. The number of likely N-dealkylation sites (tertiary alicyclic amines) is 1. The Balaban J connectivity index is 2.09. The summed E-state index contributed by atoms with van der Waals surface area (Å²) >= 11 is 0. The Kier molecular flexibility index (Phi) is 4.07. The fourth-order valence-corrected chi connectivity index (χ4v) is 3.08. The van der Waals surface area contributed by atoms with Gasteiger partial charge in [-0.25, -0.2) is 4.79 Å². The van der Waals surface area contributed by atoms with Gasteiger partial charge in [0.1, 0.15) is 6.04 Å². The largest absolute Gasteiger partial charge is 0.481 e. The van der Waals surface area contributed by atoms with Crippen molar-refractivity contribution >= 4 is 17.8 Å². The summed E-state index contributed by atoms with van der Waals surface area (Å²) in [4.78, 5) is 35.8. The Bertz CT molecular complexity index is 388. The molecule has 1 saturated heterocycles. The fraction of sp³-hybridized carbons (Fsp3) is 0.769. The Morgan fingerprint density at radius 3 is 2.05 bits per heavy atom. The van der Waals surface area contributed by atoms with E-state index in [1.54, 1.807) is 0 Å². The van der Waals surface area contributed by atoms with Crippen LogP contribution in [0.1, 0.15) is 38.5 Å². The molecule has 1 saturated carbocycles. The Morgan fingerprint density at radius 1 is 0.895 bits per heavy atom. The summed E-state index contributed by atoms with van der Waals surface area (Å²) in [5, 5.41) is 18.1. The molecule has 2 rings (SSSR count). The summed E-state index contributed by atoms with van der Waals surface area (Å²) in [5.41, 5.74) is 0. The lowest BCUT2D eigenvalue weighted by atomic mass is 9.88. The second-order valence-electron chi connectivity index (χ2n) is 5.45. The van der Waals surface area contributed by atoms with Crippen molar-refractivity contribution in [2.24, 2.45) is 11.8 Å². The van der Waals surface area contributed by atoms with Gasteiger partial charge < -0.3 is 15.1 Å². The van der Waals surface area contributed by atoms with Crippen molar-refractivity contribution in [3.63, 3.8) is 0 Å². The van der Waals surface area contributed by atoms with Crippen molar-refractivity contribution in [2.45, 2.75) is 44.6 Å². The lowest BCUT2D eigenvalue weighted by molar-refractivity contribution is -0.150. The van der Waals surface area contributed by atoms with E-state index in [0.717, 1.165) is 32.1 Å². The normalized spacial score (nSPS) is 28.3. The zero-order valence-electron chi connectivity index (χ0n) is 10.7. The third-order valence-electron chi connectivity index (χ3n) is 4.17. The smallest absolute Gasteiger partial charge is 0.326 e. The van der Waals surface area contributed by atoms with E-state index in [1.165, 1.54) is 4.90 Å². The number of amides is 1. The van der Waals surface area contributed by atoms with Crippen LogP contribution >= 0.6 is 0 Å². The first-order chi connectivity index (χ1) is 9.00. The molecule has 2 N–H and O–H groups in total. The quantitative estimate of drug-likeness (QED) is 0.795. The lowest BCUT2D eigenvalue weighted by Gasteiger charge is -2.28. The molecule has 106 valence electrons. The minimum absolute atomic E-state index is 0.0170. The van der Waals surface area contributed by atoms with Crippen LogP contribution in [0.2, 0.25) is 0 Å². The number of hydrogen-bond donors (Lipinski definition) is 2. The number of carbonyl (C=O) groups excluding carboxylic acids is 1. The van der Waals surface area contributed by atoms with E-state index < -0.39 is 23.9 Å². The van der Waals surface area contributed by atoms with Crippen LogP contribution in [0.25, 0.3) is 0 Å². The highest BCUT2D eigenvalue weighted by Crippen LogP contribution is 2.30. The van der Waals surface area contributed by atoms with Crippen LogP contribution in [0.4, 0.5) is 0 Å². The van der Waals surface area contributed by atoms with Crippen molar-refractivity contribution < 1.29 is 24.6 Å². The van der Waals surface area contributed by atoms with Gasteiger partial charge >= 0.3 is 11.9 Å². The molecular weight excluding hydrogens is 250 g/mol. The molecule has 2 atom stereocenters. The molecule has 2 unspecified atom stereocenters. The van der Waals surface area contributed by atoms with Crippen LogP contribution < -0.4 is 0 Å². The molecule has 0 aromatic carbocycles. The van der Waals surface area contributed by atoms with Gasteiger partial charge in [0, 0.05) is 12.5 Å². The van der Waals surface area contributed by atoms with Crippen LogP contribution in [0.5, 0.6) is 0 Å². The van der Waals surface area contributed by atoms with Gasteiger partial charge in [-0.2, -0.15) is 0 Å². The Hall–Kier alpha value is -1.59. The molecule has 1 aliphatic heterocycles. The zero-order valence-corrected chi connectivity index (χ0v) is 10.7. The molecule has 1 amide bonds. The van der Waals surface area contributed by atoms with E-state index in [2.05, 4.69) is 0 Å². The molecule has 19 heavy (non-hydrogen) atoms. The average Bonchev–Trinajstić information content (AvgIpc) is 2.84. The molecular formula is C13H19NO5. The molecule has 0 aromatic rings. The second kappa shape index (κ2) is 5.59. The van der Waals surface area contributed by atoms with Crippen molar-refractivity contribution in [3.05, 3.63) is 0 Å². The number of hydrogen-bond acceptors (Lipinski definition) is 3. The summed E-state index contributed by atoms with van der Waals surface area (Å²) < 4.78 is 0. The number of nitrogens with zero attached hydrogens (tertiary/aromatic N) is 1. The molecule has 1 aliphatic carbocycles. The molecule has 6 nitrogen and oxygen atoms in total.